The van der Waals surface area contributed by atoms with Crippen LogP contribution in [0.1, 0.15) is 11.1 Å². The van der Waals surface area contributed by atoms with E-state index in [1.165, 1.54) is 11.9 Å². The molecule has 0 amide bonds. The quantitative estimate of drug-likeness (QED) is 0.586. The van der Waals surface area contributed by atoms with Gasteiger partial charge in [0.15, 0.2) is 11.5 Å². The zero-order valence-electron chi connectivity index (χ0n) is 15.7. The van der Waals surface area contributed by atoms with Crippen molar-refractivity contribution in [2.45, 2.75) is 13.5 Å². The van der Waals surface area contributed by atoms with Crippen molar-refractivity contribution in [1.29, 1.82) is 0 Å². The van der Waals surface area contributed by atoms with Gasteiger partial charge in [0.05, 0.1) is 31.6 Å². The van der Waals surface area contributed by atoms with Gasteiger partial charge in [0.2, 0.25) is 0 Å². The fourth-order valence-corrected chi connectivity index (χ4v) is 3.74. The summed E-state index contributed by atoms with van der Waals surface area (Å²) in [6.07, 6.45) is 3.24. The van der Waals surface area contributed by atoms with Crippen molar-refractivity contribution in [1.82, 2.24) is 24.5 Å². The molecule has 0 aliphatic carbocycles. The maximum Gasteiger partial charge on any atom is 0.165 e. The maximum absolute atomic E-state index is 5.94. The monoisotopic (exact) mass is 375 g/mol. The molecule has 3 aromatic heterocycles. The molecule has 1 aromatic carbocycles. The summed E-state index contributed by atoms with van der Waals surface area (Å²) in [6, 6.07) is 8.49. The van der Waals surface area contributed by atoms with Crippen LogP contribution in [-0.4, -0.2) is 50.8 Å². The summed E-state index contributed by atoms with van der Waals surface area (Å²) in [5.74, 6) is 1.39. The van der Waals surface area contributed by atoms with E-state index in [1.54, 1.807) is 6.33 Å². The Morgan fingerprint density at radius 3 is 2.82 bits per heavy atom. The lowest BCUT2D eigenvalue weighted by Gasteiger charge is -2.30. The summed E-state index contributed by atoms with van der Waals surface area (Å²) in [5, 5.41) is 1.13. The van der Waals surface area contributed by atoms with Gasteiger partial charge in [-0.25, -0.2) is 19.9 Å². The molecule has 1 aliphatic heterocycles. The van der Waals surface area contributed by atoms with Crippen molar-refractivity contribution in [3.63, 3.8) is 0 Å². The van der Waals surface area contributed by atoms with Gasteiger partial charge in [-0.15, -0.1) is 0 Å². The molecule has 142 valence electrons. The third-order valence-electron chi connectivity index (χ3n) is 5.18. The van der Waals surface area contributed by atoms with Gasteiger partial charge in [-0.3, -0.25) is 0 Å². The number of benzene rings is 1. The molecule has 1 saturated heterocycles. The number of para-hydroxylation sites is 1. The number of ether oxygens (including phenoxy) is 1. The van der Waals surface area contributed by atoms with E-state index >= 15 is 0 Å². The lowest BCUT2D eigenvalue weighted by molar-refractivity contribution is 0.122. The molecule has 1 fully saturated rings. The Bertz CT molecular complexity index is 1160. The Labute approximate surface area is 162 Å². The molecule has 8 heteroatoms. The molecule has 2 N–H and O–H groups in total. The second kappa shape index (κ2) is 6.72. The molecule has 1 aliphatic rings. The van der Waals surface area contributed by atoms with Gasteiger partial charge in [0.1, 0.15) is 17.7 Å². The van der Waals surface area contributed by atoms with Crippen molar-refractivity contribution in [2.75, 3.05) is 36.9 Å². The first-order chi connectivity index (χ1) is 13.7. The first-order valence-corrected chi connectivity index (χ1v) is 9.34. The van der Waals surface area contributed by atoms with Gasteiger partial charge >= 0.3 is 0 Å². The third-order valence-corrected chi connectivity index (χ3v) is 5.18. The van der Waals surface area contributed by atoms with Crippen molar-refractivity contribution in [3.05, 3.63) is 48.0 Å². The predicted molar refractivity (Wildman–Crippen MR) is 108 cm³/mol. The number of nitrogens with zero attached hydrogens (tertiary/aromatic N) is 6. The van der Waals surface area contributed by atoms with Gasteiger partial charge in [-0.2, -0.15) is 0 Å². The molecular weight excluding hydrogens is 354 g/mol. The van der Waals surface area contributed by atoms with Gasteiger partial charge in [-0.05, 0) is 18.6 Å². The van der Waals surface area contributed by atoms with Crippen LogP contribution in [0, 0.1) is 6.92 Å². The van der Waals surface area contributed by atoms with E-state index in [0.29, 0.717) is 31.1 Å². The number of rotatable bonds is 3. The molecule has 0 saturated carbocycles. The van der Waals surface area contributed by atoms with E-state index in [1.807, 2.05) is 4.57 Å². The zero-order valence-corrected chi connectivity index (χ0v) is 15.7. The minimum atomic E-state index is 0.393. The van der Waals surface area contributed by atoms with Crippen molar-refractivity contribution >= 4 is 33.7 Å². The molecule has 4 aromatic rings. The second-order valence-corrected chi connectivity index (χ2v) is 7.02. The summed E-state index contributed by atoms with van der Waals surface area (Å²) >= 11 is 0. The number of fused-ring (bicyclic) bond motifs is 2. The number of hydrogen-bond donors (Lipinski definition) is 1. The number of morpholine rings is 1. The van der Waals surface area contributed by atoms with E-state index in [9.17, 15) is 0 Å². The number of nitrogens with two attached hydrogens (primary N) is 1. The Kier molecular flexibility index (Phi) is 4.05. The molecule has 0 atom stereocenters. The number of aromatic nitrogens is 5. The van der Waals surface area contributed by atoms with Crippen molar-refractivity contribution in [3.8, 4) is 0 Å². The van der Waals surface area contributed by atoms with Gasteiger partial charge in [0.25, 0.3) is 0 Å². The molecule has 0 spiro atoms. The number of imidazole rings is 1. The Morgan fingerprint density at radius 2 is 1.96 bits per heavy atom. The van der Waals surface area contributed by atoms with Crippen LogP contribution < -0.4 is 10.6 Å². The smallest absolute Gasteiger partial charge is 0.165 e. The SMILES string of the molecule is Cc1cccc2cc(Cn3cnc4c(N)ncnc43)c(N3CCOCC3)nc12. The minimum Gasteiger partial charge on any atom is -0.382 e. The van der Waals surface area contributed by atoms with Gasteiger partial charge < -0.3 is 19.9 Å². The Morgan fingerprint density at radius 1 is 1.11 bits per heavy atom. The molecule has 8 nitrogen and oxygen atoms in total. The zero-order chi connectivity index (χ0) is 19.1. The maximum atomic E-state index is 5.94. The highest BCUT2D eigenvalue weighted by molar-refractivity contribution is 5.85. The molecule has 0 unspecified atom stereocenters. The van der Waals surface area contributed by atoms with E-state index in [-0.39, 0.29) is 0 Å². The van der Waals surface area contributed by atoms with Crippen LogP contribution >= 0.6 is 0 Å². The lowest BCUT2D eigenvalue weighted by atomic mass is 10.1. The van der Waals surface area contributed by atoms with Gasteiger partial charge in [-0.1, -0.05) is 18.2 Å². The second-order valence-electron chi connectivity index (χ2n) is 7.02. The topological polar surface area (TPSA) is 95.0 Å². The Balaban J connectivity index is 1.65. The molecule has 5 rings (SSSR count). The van der Waals surface area contributed by atoms with Crippen LogP contribution in [0.15, 0.2) is 36.9 Å². The van der Waals surface area contributed by atoms with Crippen LogP contribution in [0.4, 0.5) is 11.6 Å². The summed E-state index contributed by atoms with van der Waals surface area (Å²) in [4.78, 5) is 20.1. The number of anilines is 2. The van der Waals surface area contributed by atoms with E-state index in [0.717, 1.165) is 41.0 Å². The lowest BCUT2D eigenvalue weighted by Crippen LogP contribution is -2.37. The standard InChI is InChI=1S/C20H21N7O/c1-13-3-2-4-14-9-15(19(25-16(13)14)26-5-7-28-8-6-26)10-27-12-24-17-18(21)22-11-23-20(17)27/h2-4,9,11-12H,5-8,10H2,1H3,(H2,21,22,23). The van der Waals surface area contributed by atoms with Crippen LogP contribution in [0.5, 0.6) is 0 Å². The van der Waals surface area contributed by atoms with Crippen molar-refractivity contribution in [2.24, 2.45) is 0 Å². The molecule has 28 heavy (non-hydrogen) atoms. The Hall–Kier alpha value is -3.26. The minimum absolute atomic E-state index is 0.393. The van der Waals surface area contributed by atoms with Crippen LogP contribution in [0.3, 0.4) is 0 Å². The summed E-state index contributed by atoms with van der Waals surface area (Å²) < 4.78 is 7.53. The highest BCUT2D eigenvalue weighted by Crippen LogP contribution is 2.28. The highest BCUT2D eigenvalue weighted by Gasteiger charge is 2.19. The molecule has 0 radical (unpaired) electrons. The number of aryl methyl sites for hydroxylation is 1. The van der Waals surface area contributed by atoms with E-state index in [4.69, 9.17) is 15.5 Å². The fourth-order valence-electron chi connectivity index (χ4n) is 3.74. The van der Waals surface area contributed by atoms with Crippen LogP contribution in [0.2, 0.25) is 0 Å². The average Bonchev–Trinajstić information content (AvgIpc) is 3.13. The molecular formula is C20H21N7O. The highest BCUT2D eigenvalue weighted by atomic mass is 16.5. The summed E-state index contributed by atoms with van der Waals surface area (Å²) in [7, 11) is 0. The first-order valence-electron chi connectivity index (χ1n) is 9.34. The largest absolute Gasteiger partial charge is 0.382 e. The summed E-state index contributed by atoms with van der Waals surface area (Å²) in [5.41, 5.74) is 10.6. The number of pyridine rings is 1. The van der Waals surface area contributed by atoms with Crippen LogP contribution in [0.25, 0.3) is 22.1 Å². The molecule has 4 heterocycles. The van der Waals surface area contributed by atoms with Crippen molar-refractivity contribution < 1.29 is 4.74 Å². The molecule has 0 bridgehead atoms. The summed E-state index contributed by atoms with van der Waals surface area (Å²) in [6.45, 7) is 5.79. The fraction of sp³-hybridized carbons (Fsp3) is 0.300. The number of nitrogen functional groups attached to an aromatic ring is 1. The van der Waals surface area contributed by atoms with Crippen LogP contribution in [-0.2, 0) is 11.3 Å². The van der Waals surface area contributed by atoms with Gasteiger partial charge in [0, 0.05) is 24.0 Å². The third kappa shape index (κ3) is 2.82. The number of hydrogen-bond acceptors (Lipinski definition) is 7. The normalized spacial score (nSPS) is 14.8. The van der Waals surface area contributed by atoms with E-state index < -0.39 is 0 Å². The average molecular weight is 375 g/mol. The van der Waals surface area contributed by atoms with E-state index in [2.05, 4.69) is 51.0 Å². The predicted octanol–water partition coefficient (Wildman–Crippen LogP) is 2.15. The first kappa shape index (κ1) is 16.9.